The van der Waals surface area contributed by atoms with Gasteiger partial charge in [-0.2, -0.15) is 0 Å². The van der Waals surface area contributed by atoms with Gasteiger partial charge < -0.3 is 9.64 Å². The zero-order chi connectivity index (χ0) is 18.6. The van der Waals surface area contributed by atoms with Crippen LogP contribution in [0.2, 0.25) is 0 Å². The van der Waals surface area contributed by atoms with Crippen LogP contribution < -0.4 is 0 Å². The van der Waals surface area contributed by atoms with E-state index in [2.05, 4.69) is 21.9 Å². The zero-order valence-corrected chi connectivity index (χ0v) is 16.7. The van der Waals surface area contributed by atoms with Crippen LogP contribution in [0.25, 0.3) is 0 Å². The molecular weight excluding hydrogens is 336 g/mol. The van der Waals surface area contributed by atoms with Crippen molar-refractivity contribution in [3.8, 4) is 0 Å². The topological polar surface area (TPSA) is 32.8 Å². The molecule has 0 amide bonds. The fourth-order valence-corrected chi connectivity index (χ4v) is 5.01. The first-order chi connectivity index (χ1) is 13.2. The largest absolute Gasteiger partial charge is 0.381 e. The molecule has 1 saturated carbocycles. The Morgan fingerprint density at radius 1 is 1.04 bits per heavy atom. The molecule has 0 bridgehead atoms. The molecule has 1 aromatic rings. The van der Waals surface area contributed by atoms with Gasteiger partial charge in [-0.05, 0) is 62.6 Å². The number of nitrogens with zero attached hydrogens (tertiary/aromatic N) is 2. The Labute approximate surface area is 163 Å². The smallest absolute Gasteiger partial charge is 0.159 e. The van der Waals surface area contributed by atoms with E-state index in [-0.39, 0.29) is 5.78 Å². The molecular formula is C23H34N2O2. The van der Waals surface area contributed by atoms with Crippen LogP contribution in [0.15, 0.2) is 24.3 Å². The van der Waals surface area contributed by atoms with Gasteiger partial charge in [0.2, 0.25) is 0 Å². The summed E-state index contributed by atoms with van der Waals surface area (Å²) in [5.74, 6) is 2.64. The van der Waals surface area contributed by atoms with Gasteiger partial charge in [-0.25, -0.2) is 0 Å². The molecule has 4 heteroatoms. The highest BCUT2D eigenvalue weighted by atomic mass is 16.5. The summed E-state index contributed by atoms with van der Waals surface area (Å²) in [6.07, 6.45) is 5.36. The minimum absolute atomic E-state index is 0.141. The van der Waals surface area contributed by atoms with Gasteiger partial charge >= 0.3 is 0 Å². The second kappa shape index (κ2) is 8.85. The third-order valence-corrected chi connectivity index (χ3v) is 6.74. The van der Waals surface area contributed by atoms with Gasteiger partial charge in [0.25, 0.3) is 0 Å². The Bertz CT molecular complexity index is 612. The molecule has 0 N–H and O–H groups in total. The highest BCUT2D eigenvalue weighted by Gasteiger charge is 2.55. The lowest BCUT2D eigenvalue weighted by atomic mass is 10.1. The number of ketones is 1. The van der Waals surface area contributed by atoms with E-state index >= 15 is 0 Å². The summed E-state index contributed by atoms with van der Waals surface area (Å²) in [7, 11) is 0. The number of rotatable bonds is 9. The first-order valence-corrected chi connectivity index (χ1v) is 10.8. The van der Waals surface area contributed by atoms with Crippen LogP contribution >= 0.6 is 0 Å². The Balaban J connectivity index is 1.09. The van der Waals surface area contributed by atoms with Gasteiger partial charge in [-0.15, -0.1) is 0 Å². The second-order valence-electron chi connectivity index (χ2n) is 8.77. The number of carbonyl (C=O) groups excluding carboxylic acids is 1. The minimum atomic E-state index is 0.141. The minimum Gasteiger partial charge on any atom is -0.381 e. The number of piperidine rings is 2. The monoisotopic (exact) mass is 370 g/mol. The van der Waals surface area contributed by atoms with Crippen molar-refractivity contribution in [2.45, 2.75) is 39.2 Å². The van der Waals surface area contributed by atoms with Crippen LogP contribution in [-0.4, -0.2) is 61.5 Å². The van der Waals surface area contributed by atoms with E-state index < -0.39 is 0 Å². The number of fused-ring (bicyclic) bond motifs is 1. The average Bonchev–Trinajstić information content (AvgIpc) is 3.13. The number of hydrogen-bond donors (Lipinski definition) is 0. The molecule has 0 radical (unpaired) electrons. The Kier molecular flexibility index (Phi) is 6.26. The van der Waals surface area contributed by atoms with Crippen molar-refractivity contribution < 1.29 is 9.53 Å². The molecule has 2 atom stereocenters. The lowest BCUT2D eigenvalue weighted by Crippen LogP contribution is -2.31. The molecule has 3 fully saturated rings. The van der Waals surface area contributed by atoms with Crippen LogP contribution in [-0.2, 0) is 11.3 Å². The zero-order valence-electron chi connectivity index (χ0n) is 16.7. The predicted molar refractivity (Wildman–Crippen MR) is 108 cm³/mol. The molecule has 1 aliphatic carbocycles. The maximum absolute atomic E-state index is 11.4. The molecule has 2 saturated heterocycles. The fourth-order valence-electron chi connectivity index (χ4n) is 5.01. The Morgan fingerprint density at radius 2 is 1.74 bits per heavy atom. The first kappa shape index (κ1) is 19.1. The van der Waals surface area contributed by atoms with E-state index in [0.29, 0.717) is 0 Å². The number of hydrogen-bond acceptors (Lipinski definition) is 4. The molecule has 4 rings (SSSR count). The fraction of sp³-hybridized carbons (Fsp3) is 0.696. The predicted octanol–water partition coefficient (Wildman–Crippen LogP) is 3.46. The van der Waals surface area contributed by atoms with E-state index in [0.717, 1.165) is 43.1 Å². The van der Waals surface area contributed by atoms with Crippen molar-refractivity contribution in [3.05, 3.63) is 35.4 Å². The molecule has 0 spiro atoms. The van der Waals surface area contributed by atoms with Gasteiger partial charge in [0.05, 0.1) is 6.61 Å². The van der Waals surface area contributed by atoms with Crippen LogP contribution in [0.3, 0.4) is 0 Å². The highest BCUT2D eigenvalue weighted by Crippen LogP contribution is 2.51. The highest BCUT2D eigenvalue weighted by molar-refractivity contribution is 5.93. The summed E-state index contributed by atoms with van der Waals surface area (Å²) in [6, 6.07) is 8.11. The van der Waals surface area contributed by atoms with Gasteiger partial charge in [0.1, 0.15) is 0 Å². The van der Waals surface area contributed by atoms with Crippen molar-refractivity contribution in [3.63, 3.8) is 0 Å². The van der Waals surface area contributed by atoms with E-state index in [4.69, 9.17) is 4.74 Å². The summed E-state index contributed by atoms with van der Waals surface area (Å²) in [5.41, 5.74) is 2.12. The summed E-state index contributed by atoms with van der Waals surface area (Å²) >= 11 is 0. The Morgan fingerprint density at radius 3 is 2.41 bits per heavy atom. The standard InChI is InChI=1S/C23H34N2O2/c1-18(26)20-8-6-19(7-9-20)14-25-15-21-22(16-25)23(21)17-27-13-5-12-24-10-3-2-4-11-24/h6-9,21-23H,2-5,10-17H2,1H3. The molecule has 2 aliphatic heterocycles. The van der Waals surface area contributed by atoms with Crippen molar-refractivity contribution in [1.82, 2.24) is 9.80 Å². The molecule has 2 unspecified atom stereocenters. The molecule has 27 heavy (non-hydrogen) atoms. The first-order valence-electron chi connectivity index (χ1n) is 10.8. The molecule has 0 aromatic heterocycles. The number of carbonyl (C=O) groups is 1. The normalized spacial score (nSPS) is 28.3. The molecule has 2 heterocycles. The average molecular weight is 371 g/mol. The van der Waals surface area contributed by atoms with Crippen LogP contribution in [0.5, 0.6) is 0 Å². The Hall–Kier alpha value is -1.23. The van der Waals surface area contributed by atoms with Crippen LogP contribution in [0.1, 0.15) is 48.5 Å². The third-order valence-electron chi connectivity index (χ3n) is 6.74. The third kappa shape index (κ3) is 4.98. The molecule has 4 nitrogen and oxygen atoms in total. The number of ether oxygens (including phenoxy) is 1. The second-order valence-corrected chi connectivity index (χ2v) is 8.77. The lowest BCUT2D eigenvalue weighted by molar-refractivity contribution is 0.0967. The van der Waals surface area contributed by atoms with Crippen LogP contribution in [0, 0.1) is 17.8 Å². The maximum atomic E-state index is 11.4. The SMILES string of the molecule is CC(=O)c1ccc(CN2CC3C(COCCCN4CCCCC4)C3C2)cc1. The van der Waals surface area contributed by atoms with Crippen LogP contribution in [0.4, 0.5) is 0 Å². The number of likely N-dealkylation sites (tertiary alicyclic amines) is 2. The summed E-state index contributed by atoms with van der Waals surface area (Å²) in [6.45, 7) is 10.7. The number of benzene rings is 1. The maximum Gasteiger partial charge on any atom is 0.159 e. The van der Waals surface area contributed by atoms with Crippen molar-refractivity contribution in [2.24, 2.45) is 17.8 Å². The van der Waals surface area contributed by atoms with Crippen molar-refractivity contribution in [2.75, 3.05) is 45.9 Å². The van der Waals surface area contributed by atoms with Crippen molar-refractivity contribution >= 4 is 5.78 Å². The van der Waals surface area contributed by atoms with Gasteiger partial charge in [0, 0.05) is 38.3 Å². The van der Waals surface area contributed by atoms with Gasteiger partial charge in [0.15, 0.2) is 5.78 Å². The lowest BCUT2D eigenvalue weighted by Gasteiger charge is -2.26. The number of Topliss-reactive ketones (excluding diaryl/α,β-unsaturated/α-hetero) is 1. The van der Waals surface area contributed by atoms with Crippen molar-refractivity contribution in [1.29, 1.82) is 0 Å². The summed E-state index contributed by atoms with van der Waals surface area (Å²) in [4.78, 5) is 16.5. The molecule has 3 aliphatic rings. The van der Waals surface area contributed by atoms with E-state index in [1.54, 1.807) is 6.92 Å². The van der Waals surface area contributed by atoms with Gasteiger partial charge in [-0.1, -0.05) is 30.7 Å². The van der Waals surface area contributed by atoms with Gasteiger partial charge in [-0.3, -0.25) is 9.69 Å². The van der Waals surface area contributed by atoms with E-state index in [9.17, 15) is 4.79 Å². The summed E-state index contributed by atoms with van der Waals surface area (Å²) in [5, 5.41) is 0. The molecule has 148 valence electrons. The van der Waals surface area contributed by atoms with E-state index in [1.165, 1.54) is 64.0 Å². The molecule has 1 aromatic carbocycles. The van der Waals surface area contributed by atoms with E-state index in [1.807, 2.05) is 12.1 Å². The summed E-state index contributed by atoms with van der Waals surface area (Å²) < 4.78 is 6.00. The quantitative estimate of drug-likeness (QED) is 0.492.